The van der Waals surface area contributed by atoms with Crippen LogP contribution < -0.4 is 5.32 Å². The third-order valence-electron chi connectivity index (χ3n) is 1.92. The zero-order chi connectivity index (χ0) is 13.2. The van der Waals surface area contributed by atoms with Gasteiger partial charge >= 0.3 is 5.97 Å². The molecule has 17 heavy (non-hydrogen) atoms. The molecule has 1 aromatic rings. The summed E-state index contributed by atoms with van der Waals surface area (Å²) in [6.45, 7) is 1.32. The highest BCUT2D eigenvalue weighted by Gasteiger charge is 2.18. The smallest absolute Gasteiger partial charge is 0.325 e. The minimum Gasteiger partial charge on any atom is -0.480 e. The van der Waals surface area contributed by atoms with Crippen LogP contribution >= 0.6 is 11.3 Å². The van der Waals surface area contributed by atoms with Gasteiger partial charge in [0.1, 0.15) is 10.3 Å². The molecule has 2 N–H and O–H groups in total. The maximum Gasteiger partial charge on any atom is 0.325 e. The molecule has 0 fully saturated rings. The molecular formula is C9H11NO5S2. The second-order valence-electron chi connectivity index (χ2n) is 3.46. The molecule has 6 nitrogen and oxygen atoms in total. The maximum absolute atomic E-state index is 11.5. The number of carboxylic acids is 1. The Labute approximate surface area is 102 Å². The highest BCUT2D eigenvalue weighted by atomic mass is 32.2. The summed E-state index contributed by atoms with van der Waals surface area (Å²) in [6, 6.07) is 0.202. The Bertz CT molecular complexity index is 545. The van der Waals surface area contributed by atoms with Crippen molar-refractivity contribution in [3.63, 3.8) is 0 Å². The minimum absolute atomic E-state index is 0.0747. The fourth-order valence-corrected chi connectivity index (χ4v) is 2.77. The highest BCUT2D eigenvalue weighted by Crippen LogP contribution is 2.19. The van der Waals surface area contributed by atoms with Crippen molar-refractivity contribution in [1.82, 2.24) is 5.32 Å². The molecule has 0 radical (unpaired) electrons. The predicted octanol–water partition coefficient (Wildman–Crippen LogP) is 0.354. The van der Waals surface area contributed by atoms with Gasteiger partial charge in [-0.25, -0.2) is 8.42 Å². The molecule has 0 saturated carbocycles. The monoisotopic (exact) mass is 277 g/mol. The molecule has 0 bridgehead atoms. The van der Waals surface area contributed by atoms with Gasteiger partial charge < -0.3 is 10.4 Å². The van der Waals surface area contributed by atoms with Gasteiger partial charge in [-0.1, -0.05) is 0 Å². The SMILES string of the molecule is C[C@@H](NC(=O)c1csc(S(C)(=O)=O)c1)C(=O)O. The molecule has 0 aromatic carbocycles. The van der Waals surface area contributed by atoms with Gasteiger partial charge in [-0.05, 0) is 13.0 Å². The van der Waals surface area contributed by atoms with Gasteiger partial charge in [0.25, 0.3) is 5.91 Å². The lowest BCUT2D eigenvalue weighted by Gasteiger charge is -2.07. The summed E-state index contributed by atoms with van der Waals surface area (Å²) >= 11 is 0.924. The average Bonchev–Trinajstić information content (AvgIpc) is 2.65. The molecule has 0 saturated heterocycles. The van der Waals surface area contributed by atoms with E-state index in [9.17, 15) is 18.0 Å². The van der Waals surface area contributed by atoms with Crippen molar-refractivity contribution >= 4 is 33.1 Å². The van der Waals surface area contributed by atoms with E-state index < -0.39 is 27.8 Å². The fraction of sp³-hybridized carbons (Fsp3) is 0.333. The standard InChI is InChI=1S/C9H11NO5S2/c1-5(9(12)13)10-8(11)6-3-7(16-4-6)17(2,14)15/h3-5H,1-2H3,(H,10,11)(H,12,13)/t5-/m1/s1. The number of hydrogen-bond acceptors (Lipinski definition) is 5. The van der Waals surface area contributed by atoms with Gasteiger partial charge in [-0.15, -0.1) is 11.3 Å². The summed E-state index contributed by atoms with van der Waals surface area (Å²) in [4.78, 5) is 22.1. The van der Waals surface area contributed by atoms with Gasteiger partial charge in [-0.2, -0.15) is 0 Å². The normalized spacial score (nSPS) is 13.1. The number of carbonyl (C=O) groups excluding carboxylic acids is 1. The van der Waals surface area contributed by atoms with E-state index >= 15 is 0 Å². The van der Waals surface area contributed by atoms with Crippen LogP contribution in [0.2, 0.25) is 0 Å². The van der Waals surface area contributed by atoms with E-state index in [0.29, 0.717) is 0 Å². The first-order valence-electron chi connectivity index (χ1n) is 4.54. The van der Waals surface area contributed by atoms with Gasteiger partial charge in [-0.3, -0.25) is 9.59 Å². The predicted molar refractivity (Wildman–Crippen MR) is 62.0 cm³/mol. The summed E-state index contributed by atoms with van der Waals surface area (Å²) < 4.78 is 22.4. The van der Waals surface area contributed by atoms with E-state index in [1.165, 1.54) is 18.4 Å². The summed E-state index contributed by atoms with van der Waals surface area (Å²) in [5.74, 6) is -1.76. The van der Waals surface area contributed by atoms with E-state index in [0.717, 1.165) is 17.6 Å². The fourth-order valence-electron chi connectivity index (χ4n) is 0.972. The van der Waals surface area contributed by atoms with Crippen LogP contribution in [-0.2, 0) is 14.6 Å². The van der Waals surface area contributed by atoms with Crippen LogP contribution in [0, 0.1) is 0 Å². The largest absolute Gasteiger partial charge is 0.480 e. The number of amides is 1. The molecule has 1 rings (SSSR count). The van der Waals surface area contributed by atoms with Crippen LogP contribution in [0.25, 0.3) is 0 Å². The van der Waals surface area contributed by atoms with Crippen LogP contribution in [0.5, 0.6) is 0 Å². The van der Waals surface area contributed by atoms with Crippen molar-refractivity contribution in [3.05, 3.63) is 17.0 Å². The van der Waals surface area contributed by atoms with Crippen LogP contribution in [-0.4, -0.2) is 37.7 Å². The Morgan fingerprint density at radius 1 is 1.47 bits per heavy atom. The van der Waals surface area contributed by atoms with Gasteiger partial charge in [0.15, 0.2) is 9.84 Å². The number of sulfone groups is 1. The summed E-state index contributed by atoms with van der Waals surface area (Å²) in [7, 11) is -3.34. The van der Waals surface area contributed by atoms with Gasteiger partial charge in [0, 0.05) is 11.6 Å². The molecule has 0 spiro atoms. The van der Waals surface area contributed by atoms with Crippen LogP contribution in [0.3, 0.4) is 0 Å². The van der Waals surface area contributed by atoms with E-state index in [2.05, 4.69) is 5.32 Å². The molecule has 0 aliphatic heterocycles. The molecule has 94 valence electrons. The lowest BCUT2D eigenvalue weighted by molar-refractivity contribution is -0.138. The third kappa shape index (κ3) is 3.53. The van der Waals surface area contributed by atoms with E-state index in [-0.39, 0.29) is 9.77 Å². The summed E-state index contributed by atoms with van der Waals surface area (Å²) in [6.07, 6.45) is 1.04. The van der Waals surface area contributed by atoms with Crippen molar-refractivity contribution in [3.8, 4) is 0 Å². The van der Waals surface area contributed by atoms with Crippen LogP contribution in [0.4, 0.5) is 0 Å². The number of nitrogens with one attached hydrogen (secondary N) is 1. The first-order chi connectivity index (χ1) is 7.71. The molecule has 0 aliphatic carbocycles. The van der Waals surface area contributed by atoms with E-state index in [1.807, 2.05) is 0 Å². The number of rotatable bonds is 4. The first-order valence-corrected chi connectivity index (χ1v) is 7.31. The Morgan fingerprint density at radius 2 is 2.06 bits per heavy atom. The molecular weight excluding hydrogens is 266 g/mol. The van der Waals surface area contributed by atoms with E-state index in [1.54, 1.807) is 0 Å². The Balaban J connectivity index is 2.85. The number of carbonyl (C=O) groups is 2. The Morgan fingerprint density at radius 3 is 2.47 bits per heavy atom. The number of thiophene rings is 1. The quantitative estimate of drug-likeness (QED) is 0.827. The molecule has 8 heteroatoms. The number of hydrogen-bond donors (Lipinski definition) is 2. The second kappa shape index (κ2) is 4.84. The Kier molecular flexibility index (Phi) is 3.89. The van der Waals surface area contributed by atoms with Crippen molar-refractivity contribution in [2.75, 3.05) is 6.26 Å². The molecule has 1 atom stereocenters. The number of carboxylic acid groups (broad SMARTS) is 1. The van der Waals surface area contributed by atoms with Crippen molar-refractivity contribution < 1.29 is 23.1 Å². The molecule has 1 heterocycles. The summed E-state index contributed by atoms with van der Waals surface area (Å²) in [5.41, 5.74) is 0.142. The van der Waals surface area contributed by atoms with Crippen LogP contribution in [0.15, 0.2) is 15.7 Å². The molecule has 1 aromatic heterocycles. The lowest BCUT2D eigenvalue weighted by Crippen LogP contribution is -2.38. The van der Waals surface area contributed by atoms with Gasteiger partial charge in [0.2, 0.25) is 0 Å². The third-order valence-corrected chi connectivity index (χ3v) is 4.69. The maximum atomic E-state index is 11.5. The topological polar surface area (TPSA) is 101 Å². The molecule has 1 amide bonds. The van der Waals surface area contributed by atoms with Crippen molar-refractivity contribution in [2.45, 2.75) is 17.2 Å². The summed E-state index contributed by atoms with van der Waals surface area (Å²) in [5, 5.41) is 12.2. The van der Waals surface area contributed by atoms with Gasteiger partial charge in [0.05, 0.1) is 5.56 Å². The second-order valence-corrected chi connectivity index (χ2v) is 6.61. The number of aliphatic carboxylic acids is 1. The van der Waals surface area contributed by atoms with Crippen LogP contribution in [0.1, 0.15) is 17.3 Å². The molecule has 0 unspecified atom stereocenters. The first kappa shape index (κ1) is 13.7. The van der Waals surface area contributed by atoms with Crippen molar-refractivity contribution in [1.29, 1.82) is 0 Å². The zero-order valence-corrected chi connectivity index (χ0v) is 10.8. The Hall–Kier alpha value is -1.41. The highest BCUT2D eigenvalue weighted by molar-refractivity contribution is 7.92. The average molecular weight is 277 g/mol. The molecule has 0 aliphatic rings. The van der Waals surface area contributed by atoms with E-state index in [4.69, 9.17) is 5.11 Å². The minimum atomic E-state index is -3.34. The van der Waals surface area contributed by atoms with Crippen molar-refractivity contribution in [2.24, 2.45) is 0 Å². The lowest BCUT2D eigenvalue weighted by atomic mass is 10.3. The zero-order valence-electron chi connectivity index (χ0n) is 9.13.